The number of nitrogens with zero attached hydrogens (tertiary/aromatic N) is 1. The molecular formula is C16H34N2O. The van der Waals surface area contributed by atoms with Crippen LogP contribution in [0.2, 0.25) is 0 Å². The Hall–Kier alpha value is -0.120. The first-order chi connectivity index (χ1) is 9.18. The zero-order valence-electron chi connectivity index (χ0n) is 13.3. The van der Waals surface area contributed by atoms with Gasteiger partial charge in [-0.05, 0) is 64.0 Å². The number of nitrogens with two attached hydrogens (primary N) is 1. The molecule has 0 aromatic carbocycles. The lowest BCUT2D eigenvalue weighted by molar-refractivity contribution is 0.0413. The maximum absolute atomic E-state index is 6.18. The highest BCUT2D eigenvalue weighted by Gasteiger charge is 2.37. The molecule has 3 heteroatoms. The molecule has 2 N–H and O–H groups in total. The molecule has 0 atom stereocenters. The van der Waals surface area contributed by atoms with E-state index >= 15 is 0 Å². The molecule has 0 bridgehead atoms. The molecule has 0 aromatic heterocycles. The highest BCUT2D eigenvalue weighted by atomic mass is 16.5. The SMILES string of the molecule is CCCN(CCCCOC)C1(CN)CCC(C)CC1. The Bertz CT molecular complexity index is 225. The molecule has 0 radical (unpaired) electrons. The highest BCUT2D eigenvalue weighted by Crippen LogP contribution is 2.36. The normalized spacial score (nSPS) is 27.9. The first kappa shape index (κ1) is 16.9. The van der Waals surface area contributed by atoms with Gasteiger partial charge in [-0.2, -0.15) is 0 Å². The molecule has 19 heavy (non-hydrogen) atoms. The van der Waals surface area contributed by atoms with Gasteiger partial charge in [0, 0.05) is 25.8 Å². The third kappa shape index (κ3) is 5.05. The topological polar surface area (TPSA) is 38.5 Å². The fourth-order valence-electron chi connectivity index (χ4n) is 3.35. The Balaban J connectivity index is 2.55. The van der Waals surface area contributed by atoms with Crippen LogP contribution in [-0.4, -0.2) is 43.8 Å². The summed E-state index contributed by atoms with van der Waals surface area (Å²) in [5, 5.41) is 0. The predicted molar refractivity (Wildman–Crippen MR) is 82.4 cm³/mol. The van der Waals surface area contributed by atoms with E-state index in [1.165, 1.54) is 51.6 Å². The summed E-state index contributed by atoms with van der Waals surface area (Å²) < 4.78 is 5.15. The lowest BCUT2D eigenvalue weighted by Gasteiger charge is -2.47. The Kier molecular flexibility index (Phi) is 7.96. The van der Waals surface area contributed by atoms with Gasteiger partial charge in [-0.25, -0.2) is 0 Å². The molecule has 1 fully saturated rings. The van der Waals surface area contributed by atoms with E-state index in [-0.39, 0.29) is 5.54 Å². The standard InChI is InChI=1S/C16H34N2O/c1-4-11-18(12-5-6-13-19-3)16(14-17)9-7-15(2)8-10-16/h15H,4-14,17H2,1-3H3. The molecule has 0 aliphatic heterocycles. The van der Waals surface area contributed by atoms with Crippen molar-refractivity contribution in [1.29, 1.82) is 0 Å². The van der Waals surface area contributed by atoms with E-state index in [0.717, 1.165) is 25.5 Å². The molecule has 1 aliphatic carbocycles. The fraction of sp³-hybridized carbons (Fsp3) is 1.00. The quantitative estimate of drug-likeness (QED) is 0.655. The minimum atomic E-state index is 0.287. The number of methoxy groups -OCH3 is 1. The van der Waals surface area contributed by atoms with Crippen LogP contribution in [0.3, 0.4) is 0 Å². The summed E-state index contributed by atoms with van der Waals surface area (Å²) >= 11 is 0. The Morgan fingerprint density at radius 2 is 1.89 bits per heavy atom. The average Bonchev–Trinajstić information content (AvgIpc) is 2.44. The van der Waals surface area contributed by atoms with E-state index in [0.29, 0.717) is 0 Å². The van der Waals surface area contributed by atoms with Gasteiger partial charge in [-0.3, -0.25) is 4.90 Å². The fourth-order valence-corrected chi connectivity index (χ4v) is 3.35. The first-order valence-electron chi connectivity index (χ1n) is 8.12. The van der Waals surface area contributed by atoms with Gasteiger partial charge in [0.05, 0.1) is 0 Å². The summed E-state index contributed by atoms with van der Waals surface area (Å²) in [7, 11) is 1.79. The minimum absolute atomic E-state index is 0.287. The minimum Gasteiger partial charge on any atom is -0.385 e. The van der Waals surface area contributed by atoms with Crippen molar-refractivity contribution >= 4 is 0 Å². The van der Waals surface area contributed by atoms with Crippen LogP contribution in [0.4, 0.5) is 0 Å². The Morgan fingerprint density at radius 3 is 2.42 bits per heavy atom. The summed E-state index contributed by atoms with van der Waals surface area (Å²) in [5.74, 6) is 0.886. The molecule has 1 aliphatic rings. The number of hydrogen-bond acceptors (Lipinski definition) is 3. The van der Waals surface area contributed by atoms with Crippen LogP contribution in [0.5, 0.6) is 0 Å². The maximum Gasteiger partial charge on any atom is 0.0462 e. The molecule has 0 unspecified atom stereocenters. The van der Waals surface area contributed by atoms with E-state index in [1.807, 2.05) is 0 Å². The second-order valence-corrected chi connectivity index (χ2v) is 6.30. The van der Waals surface area contributed by atoms with Crippen LogP contribution >= 0.6 is 0 Å². The number of unbranched alkanes of at least 4 members (excludes halogenated alkanes) is 1. The van der Waals surface area contributed by atoms with Crippen LogP contribution in [-0.2, 0) is 4.74 Å². The van der Waals surface area contributed by atoms with Crippen molar-refractivity contribution < 1.29 is 4.74 Å². The van der Waals surface area contributed by atoms with E-state index < -0.39 is 0 Å². The second kappa shape index (κ2) is 8.93. The van der Waals surface area contributed by atoms with Crippen molar-refractivity contribution in [3.05, 3.63) is 0 Å². The molecule has 0 saturated heterocycles. The molecule has 0 heterocycles. The van der Waals surface area contributed by atoms with Crippen molar-refractivity contribution in [2.45, 2.75) is 64.3 Å². The van der Waals surface area contributed by atoms with Gasteiger partial charge in [-0.1, -0.05) is 13.8 Å². The lowest BCUT2D eigenvalue weighted by atomic mass is 9.75. The van der Waals surface area contributed by atoms with Crippen LogP contribution in [0.15, 0.2) is 0 Å². The molecule has 3 nitrogen and oxygen atoms in total. The Morgan fingerprint density at radius 1 is 1.21 bits per heavy atom. The highest BCUT2D eigenvalue weighted by molar-refractivity contribution is 4.95. The monoisotopic (exact) mass is 270 g/mol. The van der Waals surface area contributed by atoms with Gasteiger partial charge in [0.2, 0.25) is 0 Å². The maximum atomic E-state index is 6.18. The van der Waals surface area contributed by atoms with E-state index in [1.54, 1.807) is 7.11 Å². The predicted octanol–water partition coefficient (Wildman–Crippen LogP) is 3.03. The second-order valence-electron chi connectivity index (χ2n) is 6.30. The van der Waals surface area contributed by atoms with Crippen LogP contribution < -0.4 is 5.73 Å². The summed E-state index contributed by atoms with van der Waals surface area (Å²) in [6, 6.07) is 0. The summed E-state index contributed by atoms with van der Waals surface area (Å²) in [6.07, 6.45) is 8.87. The first-order valence-corrected chi connectivity index (χ1v) is 8.12. The average molecular weight is 270 g/mol. The van der Waals surface area contributed by atoms with Gasteiger partial charge < -0.3 is 10.5 Å². The van der Waals surface area contributed by atoms with Crippen LogP contribution in [0, 0.1) is 5.92 Å². The molecule has 114 valence electrons. The third-order valence-corrected chi connectivity index (χ3v) is 4.78. The van der Waals surface area contributed by atoms with Crippen molar-refractivity contribution in [1.82, 2.24) is 4.90 Å². The van der Waals surface area contributed by atoms with Crippen molar-refractivity contribution in [2.75, 3.05) is 33.4 Å². The van der Waals surface area contributed by atoms with Crippen molar-refractivity contribution in [3.8, 4) is 0 Å². The van der Waals surface area contributed by atoms with Crippen molar-refractivity contribution in [3.63, 3.8) is 0 Å². The van der Waals surface area contributed by atoms with Gasteiger partial charge in [0.15, 0.2) is 0 Å². The van der Waals surface area contributed by atoms with Crippen LogP contribution in [0.1, 0.15) is 58.8 Å². The van der Waals surface area contributed by atoms with Crippen LogP contribution in [0.25, 0.3) is 0 Å². The third-order valence-electron chi connectivity index (χ3n) is 4.78. The van der Waals surface area contributed by atoms with Gasteiger partial charge in [0.1, 0.15) is 0 Å². The summed E-state index contributed by atoms with van der Waals surface area (Å²) in [4.78, 5) is 2.69. The number of ether oxygens (including phenoxy) is 1. The molecule has 0 spiro atoms. The molecule has 1 rings (SSSR count). The molecule has 1 saturated carbocycles. The number of rotatable bonds is 9. The smallest absolute Gasteiger partial charge is 0.0462 e. The molecule has 0 amide bonds. The Labute approximate surface area is 119 Å². The zero-order chi connectivity index (χ0) is 14.1. The van der Waals surface area contributed by atoms with Gasteiger partial charge >= 0.3 is 0 Å². The molecular weight excluding hydrogens is 236 g/mol. The zero-order valence-corrected chi connectivity index (χ0v) is 13.3. The van der Waals surface area contributed by atoms with Gasteiger partial charge in [-0.15, -0.1) is 0 Å². The van der Waals surface area contributed by atoms with E-state index in [9.17, 15) is 0 Å². The number of hydrogen-bond donors (Lipinski definition) is 1. The van der Waals surface area contributed by atoms with E-state index in [2.05, 4.69) is 18.7 Å². The largest absolute Gasteiger partial charge is 0.385 e. The van der Waals surface area contributed by atoms with Crippen molar-refractivity contribution in [2.24, 2.45) is 11.7 Å². The lowest BCUT2D eigenvalue weighted by Crippen LogP contribution is -2.56. The summed E-state index contributed by atoms with van der Waals surface area (Å²) in [6.45, 7) is 8.74. The molecule has 0 aromatic rings. The summed E-state index contributed by atoms with van der Waals surface area (Å²) in [5.41, 5.74) is 6.47. The van der Waals surface area contributed by atoms with Gasteiger partial charge in [0.25, 0.3) is 0 Å². The van der Waals surface area contributed by atoms with E-state index in [4.69, 9.17) is 10.5 Å².